The molecular formula is C12H13ClO3. The maximum atomic E-state index is 10.2. The number of ether oxygens (including phenoxy) is 2. The number of hydrogen-bond acceptors (Lipinski definition) is 3. The van der Waals surface area contributed by atoms with Crippen LogP contribution in [0.4, 0.5) is 0 Å². The number of halogens is 1. The predicted octanol–water partition coefficient (Wildman–Crippen LogP) is 2.40. The van der Waals surface area contributed by atoms with E-state index in [1.165, 1.54) is 0 Å². The molecule has 0 bridgehead atoms. The highest BCUT2D eigenvalue weighted by atomic mass is 35.5. The van der Waals surface area contributed by atoms with Crippen LogP contribution in [-0.2, 0) is 5.60 Å². The summed E-state index contributed by atoms with van der Waals surface area (Å²) in [7, 11) is 0. The molecule has 16 heavy (non-hydrogen) atoms. The summed E-state index contributed by atoms with van der Waals surface area (Å²) in [6, 6.07) is 1.74. The van der Waals surface area contributed by atoms with E-state index >= 15 is 0 Å². The minimum absolute atomic E-state index is 0.548. The van der Waals surface area contributed by atoms with Gasteiger partial charge in [0.05, 0.1) is 10.6 Å². The average Bonchev–Trinajstić information content (AvgIpc) is 2.97. The van der Waals surface area contributed by atoms with Crippen molar-refractivity contribution < 1.29 is 14.6 Å². The summed E-state index contributed by atoms with van der Waals surface area (Å²) < 4.78 is 11.1. The van der Waals surface area contributed by atoms with E-state index in [9.17, 15) is 5.11 Å². The Morgan fingerprint density at radius 1 is 1.31 bits per heavy atom. The van der Waals surface area contributed by atoms with Crippen LogP contribution < -0.4 is 9.47 Å². The van der Waals surface area contributed by atoms with Gasteiger partial charge in [-0.05, 0) is 19.8 Å². The molecule has 86 valence electrons. The molecule has 0 atom stereocenters. The minimum Gasteiger partial charge on any atom is -0.486 e. The van der Waals surface area contributed by atoms with Gasteiger partial charge in [-0.25, -0.2) is 0 Å². The Bertz CT molecular complexity index is 452. The number of fused-ring (bicyclic) bond motifs is 1. The van der Waals surface area contributed by atoms with Crippen LogP contribution in [-0.4, -0.2) is 18.3 Å². The second kappa shape index (κ2) is 3.28. The second-order valence-electron chi connectivity index (χ2n) is 4.41. The van der Waals surface area contributed by atoms with Gasteiger partial charge in [0.2, 0.25) is 0 Å². The van der Waals surface area contributed by atoms with Crippen LogP contribution in [0.15, 0.2) is 6.07 Å². The molecule has 0 aromatic heterocycles. The monoisotopic (exact) mass is 240 g/mol. The van der Waals surface area contributed by atoms with E-state index in [4.69, 9.17) is 21.1 Å². The van der Waals surface area contributed by atoms with Crippen LogP contribution >= 0.6 is 11.6 Å². The molecule has 1 heterocycles. The van der Waals surface area contributed by atoms with E-state index in [-0.39, 0.29) is 0 Å². The molecule has 1 fully saturated rings. The van der Waals surface area contributed by atoms with Crippen LogP contribution in [0, 0.1) is 6.92 Å². The van der Waals surface area contributed by atoms with E-state index in [1.807, 2.05) is 6.92 Å². The smallest absolute Gasteiger partial charge is 0.164 e. The Labute approximate surface area is 98.9 Å². The van der Waals surface area contributed by atoms with Gasteiger partial charge in [-0.1, -0.05) is 11.6 Å². The molecule has 3 nitrogen and oxygen atoms in total. The molecule has 1 aromatic rings. The van der Waals surface area contributed by atoms with Crippen molar-refractivity contribution in [2.24, 2.45) is 0 Å². The Kier molecular flexibility index (Phi) is 2.10. The van der Waals surface area contributed by atoms with Gasteiger partial charge >= 0.3 is 0 Å². The fourth-order valence-corrected chi connectivity index (χ4v) is 2.67. The summed E-state index contributed by atoms with van der Waals surface area (Å²) in [4.78, 5) is 0. The van der Waals surface area contributed by atoms with Crippen LogP contribution in [0.5, 0.6) is 11.5 Å². The standard InChI is InChI=1S/C12H13ClO3/c1-7-10(12(14)2-3-12)8(13)6-9-11(7)16-5-4-15-9/h6,14H,2-5H2,1H3. The van der Waals surface area contributed by atoms with Crippen molar-refractivity contribution in [3.63, 3.8) is 0 Å². The lowest BCUT2D eigenvalue weighted by molar-refractivity contribution is 0.146. The van der Waals surface area contributed by atoms with Crippen molar-refractivity contribution in [1.29, 1.82) is 0 Å². The lowest BCUT2D eigenvalue weighted by atomic mass is 10.00. The first-order valence-electron chi connectivity index (χ1n) is 5.43. The van der Waals surface area contributed by atoms with Crippen molar-refractivity contribution in [3.8, 4) is 11.5 Å². The van der Waals surface area contributed by atoms with Crippen LogP contribution in [0.3, 0.4) is 0 Å². The zero-order valence-corrected chi connectivity index (χ0v) is 9.80. The summed E-state index contributed by atoms with van der Waals surface area (Å²) in [6.45, 7) is 3.02. The minimum atomic E-state index is -0.739. The third kappa shape index (κ3) is 1.39. The number of aliphatic hydroxyl groups is 1. The van der Waals surface area contributed by atoms with Crippen molar-refractivity contribution >= 4 is 11.6 Å². The Hall–Kier alpha value is -0.930. The van der Waals surface area contributed by atoms with Crippen molar-refractivity contribution in [2.45, 2.75) is 25.4 Å². The fourth-order valence-electron chi connectivity index (χ4n) is 2.25. The maximum Gasteiger partial charge on any atom is 0.164 e. The van der Waals surface area contributed by atoms with Gasteiger partial charge in [-0.3, -0.25) is 0 Å². The summed E-state index contributed by atoms with van der Waals surface area (Å²) in [6.07, 6.45) is 1.54. The van der Waals surface area contributed by atoms with Crippen molar-refractivity contribution in [3.05, 3.63) is 22.2 Å². The highest BCUT2D eigenvalue weighted by Gasteiger charge is 2.45. The van der Waals surface area contributed by atoms with Gasteiger partial charge in [0.15, 0.2) is 11.5 Å². The first-order valence-corrected chi connectivity index (χ1v) is 5.81. The molecule has 0 radical (unpaired) electrons. The molecule has 1 aromatic carbocycles. The number of benzene rings is 1. The van der Waals surface area contributed by atoms with Crippen LogP contribution in [0.1, 0.15) is 24.0 Å². The molecule has 1 saturated carbocycles. The van der Waals surface area contributed by atoms with E-state index in [1.54, 1.807) is 6.07 Å². The molecular weight excluding hydrogens is 228 g/mol. The molecule has 1 aliphatic heterocycles. The summed E-state index contributed by atoms with van der Waals surface area (Å²) in [5.74, 6) is 1.41. The molecule has 0 amide bonds. The third-order valence-corrected chi connectivity index (χ3v) is 3.51. The summed E-state index contributed by atoms with van der Waals surface area (Å²) in [5, 5.41) is 10.8. The molecule has 0 spiro atoms. The van der Waals surface area contributed by atoms with Crippen LogP contribution in [0.2, 0.25) is 5.02 Å². The van der Waals surface area contributed by atoms with Gasteiger partial charge in [0, 0.05) is 17.2 Å². The lowest BCUT2D eigenvalue weighted by Gasteiger charge is -2.24. The zero-order valence-electron chi connectivity index (χ0n) is 9.05. The lowest BCUT2D eigenvalue weighted by Crippen LogP contribution is -2.18. The Morgan fingerprint density at radius 2 is 2.00 bits per heavy atom. The third-order valence-electron chi connectivity index (χ3n) is 3.21. The average molecular weight is 241 g/mol. The molecule has 2 aliphatic rings. The highest BCUT2D eigenvalue weighted by molar-refractivity contribution is 6.31. The van der Waals surface area contributed by atoms with E-state index in [0.717, 1.165) is 29.7 Å². The van der Waals surface area contributed by atoms with Gasteiger partial charge in [-0.2, -0.15) is 0 Å². The Morgan fingerprint density at radius 3 is 2.69 bits per heavy atom. The normalized spacial score (nSPS) is 20.7. The summed E-state index contributed by atoms with van der Waals surface area (Å²) in [5.41, 5.74) is 0.970. The molecule has 0 unspecified atom stereocenters. The fraction of sp³-hybridized carbons (Fsp3) is 0.500. The molecule has 0 saturated heterocycles. The quantitative estimate of drug-likeness (QED) is 0.819. The van der Waals surface area contributed by atoms with Gasteiger partial charge in [0.25, 0.3) is 0 Å². The molecule has 1 aliphatic carbocycles. The number of rotatable bonds is 1. The summed E-state index contributed by atoms with van der Waals surface area (Å²) >= 11 is 6.20. The Balaban J connectivity index is 2.18. The number of hydrogen-bond donors (Lipinski definition) is 1. The molecule has 1 N–H and O–H groups in total. The van der Waals surface area contributed by atoms with Crippen molar-refractivity contribution in [1.82, 2.24) is 0 Å². The first kappa shape index (κ1) is 10.2. The maximum absolute atomic E-state index is 10.2. The largest absolute Gasteiger partial charge is 0.486 e. The van der Waals surface area contributed by atoms with Crippen LogP contribution in [0.25, 0.3) is 0 Å². The molecule has 3 rings (SSSR count). The molecule has 4 heteroatoms. The highest BCUT2D eigenvalue weighted by Crippen LogP contribution is 2.52. The van der Waals surface area contributed by atoms with Gasteiger partial charge in [-0.15, -0.1) is 0 Å². The van der Waals surface area contributed by atoms with Gasteiger partial charge in [0.1, 0.15) is 13.2 Å². The predicted molar refractivity (Wildman–Crippen MR) is 60.3 cm³/mol. The first-order chi connectivity index (χ1) is 7.62. The van der Waals surface area contributed by atoms with Crippen molar-refractivity contribution in [2.75, 3.05) is 13.2 Å². The van der Waals surface area contributed by atoms with Gasteiger partial charge < -0.3 is 14.6 Å². The SMILES string of the molecule is Cc1c2c(cc(Cl)c1C1(O)CC1)OCCO2. The van der Waals surface area contributed by atoms with E-state index < -0.39 is 5.60 Å². The topological polar surface area (TPSA) is 38.7 Å². The second-order valence-corrected chi connectivity index (χ2v) is 4.82. The van der Waals surface area contributed by atoms with E-state index in [2.05, 4.69) is 0 Å². The zero-order chi connectivity index (χ0) is 11.3. The van der Waals surface area contributed by atoms with E-state index in [0.29, 0.717) is 24.0 Å².